The van der Waals surface area contributed by atoms with Gasteiger partial charge in [-0.05, 0) is 68.6 Å². The minimum Gasteiger partial charge on any atom is -0.455 e. The van der Waals surface area contributed by atoms with Gasteiger partial charge >= 0.3 is 5.97 Å². The van der Waals surface area contributed by atoms with E-state index in [0.29, 0.717) is 43.8 Å². The second kappa shape index (κ2) is 8.62. The molecule has 10 heteroatoms. The fourth-order valence-electron chi connectivity index (χ4n) is 6.54. The molecule has 1 aliphatic heterocycles. The average molecular weight is 541 g/mol. The number of carbonyl (C=O) groups is 2. The van der Waals surface area contributed by atoms with Crippen molar-refractivity contribution in [3.05, 3.63) is 24.3 Å². The van der Waals surface area contributed by atoms with Crippen LogP contribution in [0, 0.1) is 17.3 Å². The molecule has 6 rings (SSSR count). The number of hydrogen-bond acceptors (Lipinski definition) is 6. The highest BCUT2D eigenvalue weighted by molar-refractivity contribution is 9.10. The van der Waals surface area contributed by atoms with Gasteiger partial charge in [-0.2, -0.15) is 4.31 Å². The smallest absolute Gasteiger partial charge is 0.312 e. The third-order valence-electron chi connectivity index (χ3n) is 7.48. The minimum atomic E-state index is -3.67. The zero-order valence-corrected chi connectivity index (χ0v) is 20.8. The van der Waals surface area contributed by atoms with Gasteiger partial charge < -0.3 is 14.8 Å². The van der Waals surface area contributed by atoms with Gasteiger partial charge in [0.25, 0.3) is 5.91 Å². The van der Waals surface area contributed by atoms with E-state index in [4.69, 9.17) is 9.47 Å². The van der Waals surface area contributed by atoms with Crippen molar-refractivity contribution in [1.82, 2.24) is 4.31 Å². The Morgan fingerprint density at radius 3 is 2.52 bits per heavy atom. The van der Waals surface area contributed by atoms with E-state index in [0.717, 1.165) is 32.1 Å². The van der Waals surface area contributed by atoms with Crippen molar-refractivity contribution < 1.29 is 27.5 Å². The van der Waals surface area contributed by atoms with Gasteiger partial charge in [0, 0.05) is 23.1 Å². The van der Waals surface area contributed by atoms with Crippen LogP contribution in [0.15, 0.2) is 29.2 Å². The highest BCUT2D eigenvalue weighted by Crippen LogP contribution is 2.64. The third-order valence-corrected chi connectivity index (χ3v) is 10.3. The Balaban J connectivity index is 1.20. The number of alkyl halides is 1. The Bertz CT molecular complexity index is 1040. The number of amides is 1. The Kier molecular flexibility index (Phi) is 6.08. The van der Waals surface area contributed by atoms with E-state index in [-0.39, 0.29) is 21.8 Å². The highest BCUT2D eigenvalue weighted by Gasteiger charge is 2.60. The molecule has 1 saturated heterocycles. The molecule has 8 nitrogen and oxygen atoms in total. The van der Waals surface area contributed by atoms with Crippen LogP contribution in [0.5, 0.6) is 0 Å². The quantitative estimate of drug-likeness (QED) is 0.439. The molecule has 0 aromatic heterocycles. The molecule has 33 heavy (non-hydrogen) atoms. The molecule has 1 amide bonds. The van der Waals surface area contributed by atoms with E-state index in [9.17, 15) is 18.0 Å². The SMILES string of the molecule is O=C(COC(=O)C12CC3CC(CC(Br)(C3)C1)C2)Nc1cccc(S(=O)(=O)N2CCOCC2)c1. The molecule has 1 heterocycles. The minimum absolute atomic E-state index is 0.0325. The number of anilines is 1. The van der Waals surface area contributed by atoms with Crippen molar-refractivity contribution in [1.29, 1.82) is 0 Å². The maximum absolute atomic E-state index is 13.0. The van der Waals surface area contributed by atoms with Gasteiger partial charge in [-0.1, -0.05) is 22.0 Å². The molecule has 2 atom stereocenters. The molecule has 1 N–H and O–H groups in total. The molecule has 4 bridgehead atoms. The molecule has 0 radical (unpaired) electrons. The fraction of sp³-hybridized carbons (Fsp3) is 0.652. The summed E-state index contributed by atoms with van der Waals surface area (Å²) in [5, 5.41) is 2.66. The molecule has 0 spiro atoms. The summed E-state index contributed by atoms with van der Waals surface area (Å²) in [6.07, 6.45) is 5.88. The average Bonchev–Trinajstić information content (AvgIpc) is 2.76. The van der Waals surface area contributed by atoms with E-state index >= 15 is 0 Å². The number of nitrogens with one attached hydrogen (secondary N) is 1. The predicted octanol–water partition coefficient (Wildman–Crippen LogP) is 2.92. The lowest BCUT2D eigenvalue weighted by Crippen LogP contribution is -2.56. The monoisotopic (exact) mass is 540 g/mol. The fourth-order valence-corrected chi connectivity index (χ4v) is 9.45. The summed E-state index contributed by atoms with van der Waals surface area (Å²) in [4.78, 5) is 25.6. The van der Waals surface area contributed by atoms with E-state index in [1.807, 2.05) is 0 Å². The summed E-state index contributed by atoms with van der Waals surface area (Å²) < 4.78 is 37.8. The first kappa shape index (κ1) is 23.3. The Morgan fingerprint density at radius 2 is 1.85 bits per heavy atom. The Hall–Kier alpha value is -1.49. The summed E-state index contributed by atoms with van der Waals surface area (Å²) in [5.41, 5.74) is -0.139. The first-order valence-electron chi connectivity index (χ1n) is 11.5. The van der Waals surface area contributed by atoms with Crippen LogP contribution in [0.1, 0.15) is 38.5 Å². The van der Waals surface area contributed by atoms with Crippen LogP contribution in [-0.2, 0) is 29.1 Å². The lowest BCUT2D eigenvalue weighted by molar-refractivity contribution is -0.170. The molecule has 4 saturated carbocycles. The number of hydrogen-bond donors (Lipinski definition) is 1. The third kappa shape index (κ3) is 4.59. The summed E-state index contributed by atoms with van der Waals surface area (Å²) in [5.74, 6) is 0.327. The number of sulfonamides is 1. The zero-order chi connectivity index (χ0) is 23.3. The van der Waals surface area contributed by atoms with Gasteiger partial charge in [0.05, 0.1) is 23.5 Å². The van der Waals surface area contributed by atoms with Gasteiger partial charge in [0.15, 0.2) is 6.61 Å². The Labute approximate surface area is 202 Å². The first-order chi connectivity index (χ1) is 15.7. The normalized spacial score (nSPS) is 33.6. The van der Waals surface area contributed by atoms with E-state index in [2.05, 4.69) is 21.2 Å². The van der Waals surface area contributed by atoms with Crippen LogP contribution in [-0.4, -0.2) is 61.8 Å². The molecule has 2 unspecified atom stereocenters. The Morgan fingerprint density at radius 1 is 1.15 bits per heavy atom. The topological polar surface area (TPSA) is 102 Å². The number of halogens is 1. The molecule has 4 aliphatic carbocycles. The molecule has 5 fully saturated rings. The maximum atomic E-state index is 13.0. The maximum Gasteiger partial charge on any atom is 0.312 e. The lowest BCUT2D eigenvalue weighted by Gasteiger charge is -2.58. The van der Waals surface area contributed by atoms with Crippen molar-refractivity contribution in [2.45, 2.75) is 47.7 Å². The van der Waals surface area contributed by atoms with E-state index < -0.39 is 21.3 Å². The molecular formula is C23H29BrN2O6S. The van der Waals surface area contributed by atoms with Gasteiger partial charge in [0.2, 0.25) is 10.0 Å². The standard InChI is InChI=1S/C23H29BrN2O6S/c24-23-12-16-8-17(13-23)11-22(10-16,15-23)21(28)32-14-20(27)25-18-2-1-3-19(9-18)33(29,30)26-4-6-31-7-5-26/h1-3,9,16-17H,4-8,10-15H2,(H,25,27). The van der Waals surface area contributed by atoms with Crippen LogP contribution in [0.2, 0.25) is 0 Å². The van der Waals surface area contributed by atoms with Gasteiger partial charge in [-0.25, -0.2) is 8.42 Å². The largest absolute Gasteiger partial charge is 0.455 e. The summed E-state index contributed by atoms with van der Waals surface area (Å²) in [7, 11) is -3.67. The molecule has 1 aromatic carbocycles. The van der Waals surface area contributed by atoms with Crippen LogP contribution in [0.25, 0.3) is 0 Å². The van der Waals surface area contributed by atoms with E-state index in [1.54, 1.807) is 12.1 Å². The summed E-state index contributed by atoms with van der Waals surface area (Å²) in [6, 6.07) is 6.13. The zero-order valence-electron chi connectivity index (χ0n) is 18.4. The van der Waals surface area contributed by atoms with Crippen molar-refractivity contribution in [2.24, 2.45) is 17.3 Å². The van der Waals surface area contributed by atoms with Crippen molar-refractivity contribution in [3.63, 3.8) is 0 Å². The van der Waals surface area contributed by atoms with E-state index in [1.165, 1.54) is 22.9 Å². The van der Waals surface area contributed by atoms with Crippen LogP contribution < -0.4 is 5.32 Å². The summed E-state index contributed by atoms with van der Waals surface area (Å²) >= 11 is 3.89. The molecule has 5 aliphatic rings. The number of esters is 1. The van der Waals surface area contributed by atoms with Gasteiger partial charge in [-0.15, -0.1) is 0 Å². The van der Waals surface area contributed by atoms with Crippen LogP contribution >= 0.6 is 15.9 Å². The number of morpholine rings is 1. The molecular weight excluding hydrogens is 512 g/mol. The second-order valence-electron chi connectivity index (χ2n) is 10.1. The summed E-state index contributed by atoms with van der Waals surface area (Å²) in [6.45, 7) is 0.939. The van der Waals surface area contributed by atoms with Crippen LogP contribution in [0.3, 0.4) is 0 Å². The molecule has 180 valence electrons. The van der Waals surface area contributed by atoms with Crippen LogP contribution in [0.4, 0.5) is 5.69 Å². The van der Waals surface area contributed by atoms with Crippen molar-refractivity contribution in [2.75, 3.05) is 38.2 Å². The predicted molar refractivity (Wildman–Crippen MR) is 124 cm³/mol. The van der Waals surface area contributed by atoms with Gasteiger partial charge in [0.1, 0.15) is 0 Å². The highest BCUT2D eigenvalue weighted by atomic mass is 79.9. The van der Waals surface area contributed by atoms with Crippen molar-refractivity contribution >= 4 is 43.5 Å². The van der Waals surface area contributed by atoms with Crippen molar-refractivity contribution in [3.8, 4) is 0 Å². The number of carbonyl (C=O) groups excluding carboxylic acids is 2. The number of nitrogens with zero attached hydrogens (tertiary/aromatic N) is 1. The molecule has 1 aromatic rings. The number of ether oxygens (including phenoxy) is 2. The lowest BCUT2D eigenvalue weighted by atomic mass is 9.49. The van der Waals surface area contributed by atoms with Gasteiger partial charge in [-0.3, -0.25) is 9.59 Å². The second-order valence-corrected chi connectivity index (χ2v) is 13.7. The number of benzene rings is 1. The first-order valence-corrected chi connectivity index (χ1v) is 13.7. The number of rotatable bonds is 6.